The Kier molecular flexibility index (Phi) is 8.12. The van der Waals surface area contributed by atoms with Gasteiger partial charge in [0, 0.05) is 12.3 Å². The molecule has 0 nitrogen and oxygen atoms in total. The van der Waals surface area contributed by atoms with Crippen LogP contribution in [0.3, 0.4) is 0 Å². The highest BCUT2D eigenvalue weighted by Crippen LogP contribution is 2.25. The molecule has 0 saturated carbocycles. The van der Waals surface area contributed by atoms with Crippen molar-refractivity contribution in [3.8, 4) is 11.8 Å². The second-order valence-corrected chi connectivity index (χ2v) is 5.18. The zero-order chi connectivity index (χ0) is 12.4. The van der Waals surface area contributed by atoms with Crippen LogP contribution in [0.2, 0.25) is 0 Å². The Morgan fingerprint density at radius 3 is 2.62 bits per heavy atom. The molecule has 0 spiro atoms. The highest BCUT2D eigenvalue weighted by atomic mass is 35.5. The fourth-order valence-electron chi connectivity index (χ4n) is 1.31. The molecule has 0 unspecified atom stereocenters. The van der Waals surface area contributed by atoms with Crippen LogP contribution in [0.5, 0.6) is 0 Å². The Morgan fingerprint density at radius 2 is 2.06 bits per heavy atom. The average molecular weight is 239 g/mol. The highest BCUT2D eigenvalue weighted by Gasteiger charge is 2.13. The van der Waals surface area contributed by atoms with Crippen molar-refractivity contribution in [3.05, 3.63) is 23.8 Å². The van der Waals surface area contributed by atoms with Gasteiger partial charge in [0.05, 0.1) is 0 Å². The van der Waals surface area contributed by atoms with Gasteiger partial charge in [-0.25, -0.2) is 0 Å². The average Bonchev–Trinajstić information content (AvgIpc) is 2.23. The lowest BCUT2D eigenvalue weighted by Crippen LogP contribution is -2.08. The fraction of sp³-hybridized carbons (Fsp3) is 0.600. The number of alkyl halides is 1. The topological polar surface area (TPSA) is 0 Å². The standard InChI is InChI=1S/C15H23Cl/c1-5-6-11-15(3,4)12-7-9-14(2)10-8-13-16/h7,9-10H,8,11-13H2,1-4H3/b9-7+,14-10?. The normalized spacial score (nSPS) is 12.7. The van der Waals surface area contributed by atoms with Crippen molar-refractivity contribution in [1.82, 2.24) is 0 Å². The van der Waals surface area contributed by atoms with Gasteiger partial charge in [-0.05, 0) is 32.1 Å². The van der Waals surface area contributed by atoms with Gasteiger partial charge in [0.15, 0.2) is 0 Å². The second kappa shape index (κ2) is 8.48. The summed E-state index contributed by atoms with van der Waals surface area (Å²) in [7, 11) is 0. The van der Waals surface area contributed by atoms with Crippen LogP contribution < -0.4 is 0 Å². The summed E-state index contributed by atoms with van der Waals surface area (Å²) < 4.78 is 0. The van der Waals surface area contributed by atoms with Crippen LogP contribution >= 0.6 is 11.6 Å². The van der Waals surface area contributed by atoms with Crippen molar-refractivity contribution in [2.45, 2.75) is 47.0 Å². The number of hydrogen-bond acceptors (Lipinski definition) is 0. The minimum absolute atomic E-state index is 0.270. The Bertz CT molecular complexity index is 297. The summed E-state index contributed by atoms with van der Waals surface area (Å²) in [6, 6.07) is 0. The van der Waals surface area contributed by atoms with E-state index >= 15 is 0 Å². The van der Waals surface area contributed by atoms with Gasteiger partial charge < -0.3 is 0 Å². The highest BCUT2D eigenvalue weighted by molar-refractivity contribution is 6.17. The maximum atomic E-state index is 5.63. The molecule has 0 fully saturated rings. The van der Waals surface area contributed by atoms with E-state index in [-0.39, 0.29) is 5.41 Å². The van der Waals surface area contributed by atoms with Crippen molar-refractivity contribution < 1.29 is 0 Å². The molecule has 0 aromatic heterocycles. The smallest absolute Gasteiger partial charge is 0.0258 e. The lowest BCUT2D eigenvalue weighted by Gasteiger charge is -2.19. The molecule has 0 N–H and O–H groups in total. The first-order valence-corrected chi connectivity index (χ1v) is 6.34. The summed E-state index contributed by atoms with van der Waals surface area (Å²) in [5, 5.41) is 0. The van der Waals surface area contributed by atoms with Crippen LogP contribution in [0.4, 0.5) is 0 Å². The van der Waals surface area contributed by atoms with Gasteiger partial charge in [-0.15, -0.1) is 23.4 Å². The molecule has 0 bridgehead atoms. The van der Waals surface area contributed by atoms with E-state index in [0.29, 0.717) is 5.88 Å². The summed E-state index contributed by atoms with van der Waals surface area (Å²) in [4.78, 5) is 0. The number of halogens is 1. The first-order chi connectivity index (χ1) is 7.52. The maximum absolute atomic E-state index is 5.63. The molecule has 0 aromatic rings. The van der Waals surface area contributed by atoms with Crippen LogP contribution in [0.1, 0.15) is 47.0 Å². The number of hydrogen-bond donors (Lipinski definition) is 0. The first-order valence-electron chi connectivity index (χ1n) is 5.81. The van der Waals surface area contributed by atoms with Gasteiger partial charge in [-0.1, -0.05) is 37.6 Å². The number of allylic oxidation sites excluding steroid dienone is 4. The molecular weight excluding hydrogens is 216 g/mol. The van der Waals surface area contributed by atoms with Gasteiger partial charge in [0.2, 0.25) is 0 Å². The molecule has 90 valence electrons. The number of rotatable bonds is 6. The lowest BCUT2D eigenvalue weighted by atomic mass is 9.85. The van der Waals surface area contributed by atoms with E-state index in [1.54, 1.807) is 0 Å². The van der Waals surface area contributed by atoms with Crippen LogP contribution in [-0.2, 0) is 0 Å². The SMILES string of the molecule is CC#CCC(C)(C)C/C=C/C(C)=CCCCl. The molecule has 0 amide bonds. The summed E-state index contributed by atoms with van der Waals surface area (Å²) in [5.41, 5.74) is 1.56. The Balaban J connectivity index is 4.10. The van der Waals surface area contributed by atoms with E-state index in [1.165, 1.54) is 5.57 Å². The van der Waals surface area contributed by atoms with E-state index < -0.39 is 0 Å². The predicted molar refractivity (Wildman–Crippen MR) is 74.7 cm³/mol. The first kappa shape index (κ1) is 15.3. The third-order valence-electron chi connectivity index (χ3n) is 2.37. The lowest BCUT2D eigenvalue weighted by molar-refractivity contribution is 0.383. The molecule has 0 radical (unpaired) electrons. The molecule has 0 rings (SSSR count). The Morgan fingerprint density at radius 1 is 1.38 bits per heavy atom. The van der Waals surface area contributed by atoms with Crippen molar-refractivity contribution >= 4 is 11.6 Å². The van der Waals surface area contributed by atoms with Gasteiger partial charge >= 0.3 is 0 Å². The summed E-state index contributed by atoms with van der Waals surface area (Å²) >= 11 is 5.63. The van der Waals surface area contributed by atoms with Crippen molar-refractivity contribution in [1.29, 1.82) is 0 Å². The quantitative estimate of drug-likeness (QED) is 0.349. The molecule has 0 aliphatic heterocycles. The molecule has 1 heteroatoms. The van der Waals surface area contributed by atoms with Gasteiger partial charge in [-0.3, -0.25) is 0 Å². The van der Waals surface area contributed by atoms with E-state index in [4.69, 9.17) is 11.6 Å². The molecule has 0 heterocycles. The monoisotopic (exact) mass is 238 g/mol. The zero-order valence-electron chi connectivity index (χ0n) is 10.9. The van der Waals surface area contributed by atoms with Crippen molar-refractivity contribution in [3.63, 3.8) is 0 Å². The maximum Gasteiger partial charge on any atom is 0.0258 e. The molecule has 0 saturated heterocycles. The molecule has 0 aliphatic rings. The molecule has 0 atom stereocenters. The van der Waals surface area contributed by atoms with E-state index in [1.807, 2.05) is 6.92 Å². The van der Waals surface area contributed by atoms with Crippen LogP contribution in [0, 0.1) is 17.3 Å². The van der Waals surface area contributed by atoms with Gasteiger partial charge in [0.1, 0.15) is 0 Å². The Hall–Kier alpha value is -0.670. The third-order valence-corrected chi connectivity index (χ3v) is 2.59. The summed E-state index contributed by atoms with van der Waals surface area (Å²) in [6.45, 7) is 8.51. The van der Waals surface area contributed by atoms with Crippen LogP contribution in [0.15, 0.2) is 23.8 Å². The van der Waals surface area contributed by atoms with Gasteiger partial charge in [0.25, 0.3) is 0 Å². The fourth-order valence-corrected chi connectivity index (χ4v) is 1.42. The largest absolute Gasteiger partial charge is 0.126 e. The minimum atomic E-state index is 0.270. The van der Waals surface area contributed by atoms with Crippen molar-refractivity contribution in [2.75, 3.05) is 5.88 Å². The van der Waals surface area contributed by atoms with E-state index in [0.717, 1.165) is 19.3 Å². The van der Waals surface area contributed by atoms with E-state index in [9.17, 15) is 0 Å². The van der Waals surface area contributed by atoms with Crippen LogP contribution in [-0.4, -0.2) is 5.88 Å². The van der Waals surface area contributed by atoms with Crippen molar-refractivity contribution in [2.24, 2.45) is 5.41 Å². The molecular formula is C15H23Cl. The van der Waals surface area contributed by atoms with E-state index in [2.05, 4.69) is 50.8 Å². The predicted octanol–water partition coefficient (Wildman–Crippen LogP) is 4.95. The summed E-state index contributed by atoms with van der Waals surface area (Å²) in [5.74, 6) is 6.79. The van der Waals surface area contributed by atoms with Gasteiger partial charge in [-0.2, -0.15) is 0 Å². The Labute approximate surface area is 106 Å². The third kappa shape index (κ3) is 8.62. The molecule has 0 aromatic carbocycles. The van der Waals surface area contributed by atoms with Crippen LogP contribution in [0.25, 0.3) is 0 Å². The minimum Gasteiger partial charge on any atom is -0.126 e. The zero-order valence-corrected chi connectivity index (χ0v) is 11.7. The molecule has 0 aliphatic carbocycles. The second-order valence-electron chi connectivity index (χ2n) is 4.80. The molecule has 16 heavy (non-hydrogen) atoms. The summed E-state index contributed by atoms with van der Waals surface area (Å²) in [6.07, 6.45) is 9.54.